The zero-order valence-electron chi connectivity index (χ0n) is 17.5. The number of hydrogen-bond acceptors (Lipinski definition) is 3. The smallest absolute Gasteiger partial charge is 0.256 e. The van der Waals surface area contributed by atoms with Crippen LogP contribution >= 0.6 is 0 Å². The molecule has 2 heterocycles. The molecule has 1 aliphatic heterocycles. The number of carbonyl (C=O) groups is 1. The molecule has 0 atom stereocenters. The van der Waals surface area contributed by atoms with E-state index in [4.69, 9.17) is 0 Å². The predicted octanol–water partition coefficient (Wildman–Crippen LogP) is 5.02. The third-order valence-corrected chi connectivity index (χ3v) is 5.90. The number of amides is 1. The Hall–Kier alpha value is -3.28. The molecule has 160 valence electrons. The summed E-state index contributed by atoms with van der Waals surface area (Å²) in [5, 5.41) is 0. The summed E-state index contributed by atoms with van der Waals surface area (Å²) in [6.45, 7) is 2.46. The van der Waals surface area contributed by atoms with Gasteiger partial charge in [-0.2, -0.15) is 0 Å². The Bertz CT molecular complexity index is 1030. The van der Waals surface area contributed by atoms with Gasteiger partial charge in [0.1, 0.15) is 11.6 Å². The summed E-state index contributed by atoms with van der Waals surface area (Å²) >= 11 is 0. The summed E-state index contributed by atoms with van der Waals surface area (Å²) in [6.07, 6.45) is 5.55. The lowest BCUT2D eigenvalue weighted by molar-refractivity contribution is 0.0760. The van der Waals surface area contributed by atoms with Crippen LogP contribution in [0.25, 0.3) is 11.1 Å². The quantitative estimate of drug-likeness (QED) is 0.581. The van der Waals surface area contributed by atoms with Crippen molar-refractivity contribution in [2.45, 2.75) is 12.8 Å². The molecular formula is C25H25F2N3O. The lowest BCUT2D eigenvalue weighted by Gasteiger charge is -2.35. The van der Waals surface area contributed by atoms with Gasteiger partial charge in [0.25, 0.3) is 5.91 Å². The van der Waals surface area contributed by atoms with E-state index in [1.54, 1.807) is 42.5 Å². The summed E-state index contributed by atoms with van der Waals surface area (Å²) in [6, 6.07) is 14.4. The fraction of sp³-hybridized carbons (Fsp3) is 0.280. The standard InChI is InChI=1S/C25H25F2N3O/c1-29(17-18-10-14-30(15-11-18)22-8-12-28-13-9-22)25(31)23-7-4-20(16-24(23)27)19-2-5-21(26)6-3-19/h2-9,12-13,16,18H,10-11,14-15,17H2,1H3. The molecular weight excluding hydrogens is 396 g/mol. The molecule has 31 heavy (non-hydrogen) atoms. The summed E-state index contributed by atoms with van der Waals surface area (Å²) in [4.78, 5) is 20.8. The summed E-state index contributed by atoms with van der Waals surface area (Å²) in [7, 11) is 1.73. The van der Waals surface area contributed by atoms with Gasteiger partial charge in [-0.1, -0.05) is 18.2 Å². The van der Waals surface area contributed by atoms with E-state index in [0.717, 1.165) is 25.9 Å². The van der Waals surface area contributed by atoms with Crippen molar-refractivity contribution in [2.75, 3.05) is 31.6 Å². The fourth-order valence-electron chi connectivity index (χ4n) is 4.11. The minimum Gasteiger partial charge on any atom is -0.371 e. The first kappa shape index (κ1) is 21.0. The van der Waals surface area contributed by atoms with Crippen LogP contribution in [-0.4, -0.2) is 42.5 Å². The SMILES string of the molecule is CN(CC1CCN(c2ccncc2)CC1)C(=O)c1ccc(-c2ccc(F)cc2)cc1F. The van der Waals surface area contributed by atoms with Gasteiger partial charge in [0.15, 0.2) is 0 Å². The van der Waals surface area contributed by atoms with Gasteiger partial charge in [-0.15, -0.1) is 0 Å². The Balaban J connectivity index is 1.36. The number of rotatable bonds is 5. The fourth-order valence-corrected chi connectivity index (χ4v) is 4.11. The first-order chi connectivity index (χ1) is 15.0. The number of benzene rings is 2. The lowest BCUT2D eigenvalue weighted by Crippen LogP contribution is -2.39. The maximum atomic E-state index is 14.7. The van der Waals surface area contributed by atoms with E-state index in [1.165, 1.54) is 30.0 Å². The molecule has 0 N–H and O–H groups in total. The van der Waals surface area contributed by atoms with E-state index in [-0.39, 0.29) is 17.3 Å². The Morgan fingerprint density at radius 1 is 1.00 bits per heavy atom. The molecule has 1 fully saturated rings. The maximum Gasteiger partial charge on any atom is 0.256 e. The molecule has 0 spiro atoms. The highest BCUT2D eigenvalue weighted by atomic mass is 19.1. The van der Waals surface area contributed by atoms with E-state index < -0.39 is 5.82 Å². The van der Waals surface area contributed by atoms with Crippen LogP contribution in [0.5, 0.6) is 0 Å². The van der Waals surface area contributed by atoms with Crippen molar-refractivity contribution in [3.63, 3.8) is 0 Å². The first-order valence-corrected chi connectivity index (χ1v) is 10.5. The maximum absolute atomic E-state index is 14.7. The van der Waals surface area contributed by atoms with E-state index >= 15 is 0 Å². The van der Waals surface area contributed by atoms with Crippen LogP contribution in [0.15, 0.2) is 67.0 Å². The third kappa shape index (κ3) is 4.90. The Kier molecular flexibility index (Phi) is 6.26. The van der Waals surface area contributed by atoms with Crippen molar-refractivity contribution in [1.29, 1.82) is 0 Å². The monoisotopic (exact) mass is 421 g/mol. The van der Waals surface area contributed by atoms with Gasteiger partial charge in [-0.05, 0) is 66.3 Å². The van der Waals surface area contributed by atoms with E-state index in [2.05, 4.69) is 9.88 Å². The van der Waals surface area contributed by atoms with E-state index in [9.17, 15) is 13.6 Å². The van der Waals surface area contributed by atoms with Crippen LogP contribution in [0.3, 0.4) is 0 Å². The average molecular weight is 421 g/mol. The van der Waals surface area contributed by atoms with Gasteiger partial charge in [-0.25, -0.2) is 8.78 Å². The lowest BCUT2D eigenvalue weighted by atomic mass is 9.95. The summed E-state index contributed by atoms with van der Waals surface area (Å²) < 4.78 is 27.8. The molecule has 1 amide bonds. The molecule has 0 radical (unpaired) electrons. The summed E-state index contributed by atoms with van der Waals surface area (Å²) in [5.74, 6) is -0.844. The topological polar surface area (TPSA) is 36.4 Å². The highest BCUT2D eigenvalue weighted by Gasteiger charge is 2.24. The minimum atomic E-state index is -0.564. The number of nitrogens with zero attached hydrogens (tertiary/aromatic N) is 3. The van der Waals surface area contributed by atoms with Crippen LogP contribution in [-0.2, 0) is 0 Å². The molecule has 0 unspecified atom stereocenters. The van der Waals surface area contributed by atoms with Crippen LogP contribution in [0, 0.1) is 17.6 Å². The highest BCUT2D eigenvalue weighted by molar-refractivity contribution is 5.94. The van der Waals surface area contributed by atoms with Gasteiger partial charge in [0.2, 0.25) is 0 Å². The van der Waals surface area contributed by atoms with Gasteiger partial charge in [-0.3, -0.25) is 9.78 Å². The minimum absolute atomic E-state index is 0.0579. The number of halogens is 2. The van der Waals surface area contributed by atoms with Crippen molar-refractivity contribution in [1.82, 2.24) is 9.88 Å². The van der Waals surface area contributed by atoms with Gasteiger partial charge < -0.3 is 9.80 Å². The molecule has 0 aliphatic carbocycles. The van der Waals surface area contributed by atoms with Gasteiger partial charge in [0.05, 0.1) is 5.56 Å². The molecule has 3 aromatic rings. The van der Waals surface area contributed by atoms with Crippen LogP contribution in [0.2, 0.25) is 0 Å². The molecule has 1 saturated heterocycles. The van der Waals surface area contributed by atoms with Crippen LogP contribution < -0.4 is 4.90 Å². The van der Waals surface area contributed by atoms with E-state index in [1.807, 2.05) is 12.1 Å². The Labute approximate surface area is 181 Å². The average Bonchev–Trinajstić information content (AvgIpc) is 2.80. The summed E-state index contributed by atoms with van der Waals surface area (Å²) in [5.41, 5.74) is 2.54. The molecule has 2 aromatic carbocycles. The van der Waals surface area contributed by atoms with Crippen molar-refractivity contribution in [3.05, 3.63) is 84.2 Å². The predicted molar refractivity (Wildman–Crippen MR) is 118 cm³/mol. The van der Waals surface area contributed by atoms with Crippen molar-refractivity contribution < 1.29 is 13.6 Å². The highest BCUT2D eigenvalue weighted by Crippen LogP contribution is 2.25. The van der Waals surface area contributed by atoms with Crippen LogP contribution in [0.4, 0.5) is 14.5 Å². The second-order valence-electron chi connectivity index (χ2n) is 8.02. The second-order valence-corrected chi connectivity index (χ2v) is 8.02. The Morgan fingerprint density at radius 3 is 2.29 bits per heavy atom. The van der Waals surface area contributed by atoms with Crippen molar-refractivity contribution in [2.24, 2.45) is 5.92 Å². The molecule has 1 aromatic heterocycles. The third-order valence-electron chi connectivity index (χ3n) is 5.90. The van der Waals surface area contributed by atoms with Crippen molar-refractivity contribution in [3.8, 4) is 11.1 Å². The number of piperidine rings is 1. The zero-order chi connectivity index (χ0) is 21.8. The van der Waals surface area contributed by atoms with Gasteiger partial charge >= 0.3 is 0 Å². The normalized spacial score (nSPS) is 14.5. The second kappa shape index (κ2) is 9.25. The zero-order valence-corrected chi connectivity index (χ0v) is 17.5. The van der Waals surface area contributed by atoms with Gasteiger partial charge in [0, 0.05) is 44.8 Å². The Morgan fingerprint density at radius 2 is 1.65 bits per heavy atom. The molecule has 6 heteroatoms. The first-order valence-electron chi connectivity index (χ1n) is 10.5. The van der Waals surface area contributed by atoms with E-state index in [0.29, 0.717) is 23.6 Å². The number of anilines is 1. The number of pyridine rings is 1. The molecule has 4 nitrogen and oxygen atoms in total. The number of carbonyl (C=O) groups excluding carboxylic acids is 1. The number of aromatic nitrogens is 1. The molecule has 1 aliphatic rings. The molecule has 0 bridgehead atoms. The largest absolute Gasteiger partial charge is 0.371 e. The van der Waals surface area contributed by atoms with Crippen LogP contribution in [0.1, 0.15) is 23.2 Å². The molecule has 4 rings (SSSR count). The molecule has 0 saturated carbocycles. The van der Waals surface area contributed by atoms with Crippen molar-refractivity contribution >= 4 is 11.6 Å². The number of hydrogen-bond donors (Lipinski definition) is 0.